The fourth-order valence-corrected chi connectivity index (χ4v) is 5.57. The molecule has 1 atom stereocenters. The molecule has 2 fully saturated rings. The molecule has 1 amide bonds. The van der Waals surface area contributed by atoms with Crippen molar-refractivity contribution in [1.29, 1.82) is 5.26 Å². The lowest BCUT2D eigenvalue weighted by Gasteiger charge is -2.44. The molecule has 2 N–H and O–H groups in total. The average molecular weight is 595 g/mol. The minimum Gasteiger partial charge on any atom is -0.457 e. The summed E-state index contributed by atoms with van der Waals surface area (Å²) in [6, 6.07) is 18.5. The predicted octanol–water partition coefficient (Wildman–Crippen LogP) is 3.12. The lowest BCUT2D eigenvalue weighted by molar-refractivity contribution is -0.134. The molecule has 2 aliphatic rings. The van der Waals surface area contributed by atoms with Gasteiger partial charge < -0.3 is 20.1 Å². The first-order valence-corrected chi connectivity index (χ1v) is 14.5. The zero-order valence-electron chi connectivity index (χ0n) is 24.9. The van der Waals surface area contributed by atoms with Crippen LogP contribution >= 0.6 is 0 Å². The number of anilines is 1. The molecule has 0 aliphatic carbocycles. The summed E-state index contributed by atoms with van der Waals surface area (Å²) in [5.74, 6) is 1.12. The van der Waals surface area contributed by atoms with Crippen molar-refractivity contribution in [3.8, 4) is 23.3 Å². The number of imidazole rings is 1. The number of amides is 1. The molecule has 0 spiro atoms. The van der Waals surface area contributed by atoms with Crippen molar-refractivity contribution in [2.75, 3.05) is 32.5 Å². The quantitative estimate of drug-likeness (QED) is 0.228. The number of ether oxygens (including phenoxy) is 2. The monoisotopic (exact) mass is 594 g/mol. The van der Waals surface area contributed by atoms with E-state index >= 15 is 0 Å². The fourth-order valence-electron chi connectivity index (χ4n) is 5.57. The number of carbonyl (C=O) groups is 1. The molecular weight excluding hydrogens is 560 g/mol. The van der Waals surface area contributed by atoms with E-state index in [0.717, 1.165) is 0 Å². The van der Waals surface area contributed by atoms with Crippen LogP contribution in [-0.2, 0) is 16.1 Å². The Morgan fingerprint density at radius 1 is 1.16 bits per heavy atom. The third-order valence-electron chi connectivity index (χ3n) is 8.53. The summed E-state index contributed by atoms with van der Waals surface area (Å²) < 4.78 is 14.2. The van der Waals surface area contributed by atoms with Crippen LogP contribution in [0, 0.1) is 11.3 Å². The number of hydrogen-bond acceptors (Lipinski definition) is 9. The average Bonchev–Trinajstić information content (AvgIpc) is 3.26. The fraction of sp³-hybridized carbons (Fsp3) is 0.344. The number of benzene rings is 2. The van der Waals surface area contributed by atoms with E-state index in [1.807, 2.05) is 51.2 Å². The maximum absolute atomic E-state index is 13.9. The summed E-state index contributed by atoms with van der Waals surface area (Å²) >= 11 is 0. The highest BCUT2D eigenvalue weighted by atomic mass is 16.5. The lowest BCUT2D eigenvalue weighted by Crippen LogP contribution is -2.56. The van der Waals surface area contributed by atoms with Crippen molar-refractivity contribution >= 4 is 22.9 Å². The van der Waals surface area contributed by atoms with Crippen LogP contribution in [0.3, 0.4) is 0 Å². The Hall–Kier alpha value is -4.99. The van der Waals surface area contributed by atoms with E-state index in [2.05, 4.69) is 20.9 Å². The number of likely N-dealkylation sites (N-methyl/N-ethyl adjacent to an activating group) is 1. The molecule has 12 nitrogen and oxygen atoms in total. The first kappa shape index (κ1) is 29.1. The van der Waals surface area contributed by atoms with Crippen molar-refractivity contribution in [2.24, 2.45) is 0 Å². The molecular formula is C32H34N8O4. The van der Waals surface area contributed by atoms with Crippen LogP contribution in [0.1, 0.15) is 20.3 Å². The Balaban J connectivity index is 1.26. The SMILES string of the molecule is CN(C1COC1)C(C)(C)C=C(C#N)C(=O)N1CC[C@H]1Cn1c(=O)n(-c2ccc(Oc3ccccc3)cc2)c2c(N)ncnc21. The number of aromatic nitrogens is 4. The van der Waals surface area contributed by atoms with Crippen LogP contribution in [0.2, 0.25) is 0 Å². The maximum atomic E-state index is 13.9. The van der Waals surface area contributed by atoms with Crippen LogP contribution in [0.15, 0.2) is 77.4 Å². The van der Waals surface area contributed by atoms with Gasteiger partial charge in [0.05, 0.1) is 31.0 Å². The number of para-hydroxylation sites is 1. The molecule has 12 heteroatoms. The van der Waals surface area contributed by atoms with Gasteiger partial charge in [0.15, 0.2) is 11.5 Å². The van der Waals surface area contributed by atoms with Gasteiger partial charge in [-0.3, -0.25) is 18.8 Å². The topological polar surface area (TPSA) is 145 Å². The molecule has 44 heavy (non-hydrogen) atoms. The summed E-state index contributed by atoms with van der Waals surface area (Å²) in [6.07, 6.45) is 3.72. The first-order chi connectivity index (χ1) is 21.2. The molecule has 2 aromatic heterocycles. The van der Waals surface area contributed by atoms with Crippen molar-refractivity contribution < 1.29 is 14.3 Å². The molecule has 2 aromatic carbocycles. The minimum absolute atomic E-state index is 0.0750. The molecule has 4 heterocycles. The number of hydrogen-bond donors (Lipinski definition) is 1. The van der Waals surface area contributed by atoms with E-state index in [1.165, 1.54) is 15.5 Å². The van der Waals surface area contributed by atoms with Crippen molar-refractivity contribution in [2.45, 2.75) is 44.4 Å². The Kier molecular flexibility index (Phi) is 7.67. The van der Waals surface area contributed by atoms with Gasteiger partial charge in [-0.15, -0.1) is 0 Å². The van der Waals surface area contributed by atoms with Gasteiger partial charge >= 0.3 is 5.69 Å². The normalized spacial score (nSPS) is 17.3. The number of nitrogens with two attached hydrogens (primary N) is 1. The third kappa shape index (κ3) is 5.32. The zero-order chi connectivity index (χ0) is 31.0. The zero-order valence-corrected chi connectivity index (χ0v) is 24.9. The van der Waals surface area contributed by atoms with E-state index in [1.54, 1.807) is 35.2 Å². The highest BCUT2D eigenvalue weighted by Gasteiger charge is 2.38. The van der Waals surface area contributed by atoms with Crippen LogP contribution < -0.4 is 16.2 Å². The number of nitriles is 1. The van der Waals surface area contributed by atoms with Crippen LogP contribution in [0.25, 0.3) is 16.9 Å². The minimum atomic E-state index is -0.532. The smallest absolute Gasteiger partial charge is 0.335 e. The largest absolute Gasteiger partial charge is 0.457 e. The second kappa shape index (κ2) is 11.6. The van der Waals surface area contributed by atoms with Gasteiger partial charge in [-0.05, 0) is 69.8 Å². The van der Waals surface area contributed by atoms with E-state index < -0.39 is 5.54 Å². The van der Waals surface area contributed by atoms with E-state index in [9.17, 15) is 14.9 Å². The second-order valence-corrected chi connectivity index (χ2v) is 11.6. The molecule has 0 bridgehead atoms. The molecule has 2 aliphatic heterocycles. The molecule has 0 unspecified atom stereocenters. The van der Waals surface area contributed by atoms with E-state index in [4.69, 9.17) is 15.2 Å². The molecule has 0 saturated carbocycles. The van der Waals surface area contributed by atoms with Crippen molar-refractivity contribution in [3.63, 3.8) is 0 Å². The summed E-state index contributed by atoms with van der Waals surface area (Å²) in [6.45, 7) is 5.88. The third-order valence-corrected chi connectivity index (χ3v) is 8.53. The summed E-state index contributed by atoms with van der Waals surface area (Å²) in [4.78, 5) is 39.7. The summed E-state index contributed by atoms with van der Waals surface area (Å²) in [7, 11) is 1.97. The van der Waals surface area contributed by atoms with Crippen molar-refractivity contribution in [3.05, 3.63) is 83.1 Å². The van der Waals surface area contributed by atoms with Gasteiger partial charge in [-0.25, -0.2) is 14.8 Å². The van der Waals surface area contributed by atoms with E-state index in [0.29, 0.717) is 54.5 Å². The summed E-state index contributed by atoms with van der Waals surface area (Å²) in [5.41, 5.74) is 6.78. The second-order valence-electron chi connectivity index (χ2n) is 11.6. The highest BCUT2D eigenvalue weighted by Crippen LogP contribution is 2.28. The van der Waals surface area contributed by atoms with Gasteiger partial charge in [0.25, 0.3) is 5.91 Å². The van der Waals surface area contributed by atoms with Gasteiger partial charge in [0.2, 0.25) is 0 Å². The number of likely N-dealkylation sites (tertiary alicyclic amines) is 1. The standard InChI is InChI=1S/C32H34N8O4/c1-32(2,37(3)24-18-43-19-24)15-21(16-33)30(41)38-14-13-23(38)17-39-29-27(28(34)35-20-36-29)40(31(39)42)22-9-11-26(12-10-22)44-25-7-5-4-6-8-25/h4-12,15,20,23-24H,13-14,17-19H2,1-3H3,(H2,34,35,36)/t23-/m0/s1. The molecule has 4 aromatic rings. The summed E-state index contributed by atoms with van der Waals surface area (Å²) in [5, 5.41) is 9.94. The first-order valence-electron chi connectivity index (χ1n) is 14.5. The number of carbonyl (C=O) groups excluding carboxylic acids is 1. The van der Waals surface area contributed by atoms with Crippen LogP contribution in [0.4, 0.5) is 5.82 Å². The van der Waals surface area contributed by atoms with Crippen molar-refractivity contribution in [1.82, 2.24) is 28.9 Å². The Morgan fingerprint density at radius 2 is 1.86 bits per heavy atom. The number of nitrogens with zero attached hydrogens (tertiary/aromatic N) is 7. The Morgan fingerprint density at radius 3 is 2.48 bits per heavy atom. The molecule has 226 valence electrons. The Labute approximate surface area is 254 Å². The van der Waals surface area contributed by atoms with Crippen LogP contribution in [0.5, 0.6) is 11.5 Å². The highest BCUT2D eigenvalue weighted by molar-refractivity contribution is 5.98. The molecule has 0 radical (unpaired) electrons. The maximum Gasteiger partial charge on any atom is 0.335 e. The number of fused-ring (bicyclic) bond motifs is 1. The van der Waals surface area contributed by atoms with E-state index in [-0.39, 0.29) is 41.6 Å². The lowest BCUT2D eigenvalue weighted by atomic mass is 9.95. The van der Waals surface area contributed by atoms with Gasteiger partial charge in [-0.2, -0.15) is 5.26 Å². The van der Waals surface area contributed by atoms with Gasteiger partial charge in [0, 0.05) is 18.6 Å². The van der Waals surface area contributed by atoms with Gasteiger partial charge in [-0.1, -0.05) is 18.2 Å². The predicted molar refractivity (Wildman–Crippen MR) is 164 cm³/mol. The van der Waals surface area contributed by atoms with Crippen LogP contribution in [-0.4, -0.2) is 79.2 Å². The molecule has 6 rings (SSSR count). The Bertz CT molecular complexity index is 1820. The number of nitrogen functional groups attached to an aromatic ring is 1. The number of rotatable bonds is 9. The molecule has 2 saturated heterocycles. The van der Waals surface area contributed by atoms with Gasteiger partial charge in [0.1, 0.15) is 35.0 Å².